The van der Waals surface area contributed by atoms with E-state index in [1.54, 1.807) is 11.8 Å². The van der Waals surface area contributed by atoms with Gasteiger partial charge in [-0.25, -0.2) is 17.5 Å². The molecule has 0 aliphatic heterocycles. The second-order valence-corrected chi connectivity index (χ2v) is 8.12. The van der Waals surface area contributed by atoms with Crippen LogP contribution in [0.15, 0.2) is 47.4 Å². The molecule has 0 radical (unpaired) electrons. The molecule has 0 atom stereocenters. The standard InChI is InChI=1S/C16H17ClFNO3S2/c1-22-16-7-6-13(10-15(16)18)24(20,21)19-8-9-23-11-12-4-2-3-5-14(12)17/h2-7,10,19H,8-9,11H2,1H3. The topological polar surface area (TPSA) is 55.4 Å². The molecule has 2 aromatic rings. The molecule has 0 aliphatic rings. The highest BCUT2D eigenvalue weighted by molar-refractivity contribution is 7.98. The molecule has 8 heteroatoms. The Balaban J connectivity index is 1.85. The number of thioether (sulfide) groups is 1. The molecule has 0 aliphatic carbocycles. The Labute approximate surface area is 150 Å². The molecule has 0 fully saturated rings. The van der Waals surface area contributed by atoms with Crippen LogP contribution in [0.4, 0.5) is 4.39 Å². The molecule has 24 heavy (non-hydrogen) atoms. The van der Waals surface area contributed by atoms with Gasteiger partial charge in [0.2, 0.25) is 10.0 Å². The molecule has 0 spiro atoms. The molecular weight excluding hydrogens is 373 g/mol. The average Bonchev–Trinajstić information content (AvgIpc) is 2.56. The molecule has 2 aromatic carbocycles. The van der Waals surface area contributed by atoms with Crippen molar-refractivity contribution in [3.05, 3.63) is 58.9 Å². The van der Waals surface area contributed by atoms with Gasteiger partial charge < -0.3 is 4.74 Å². The first kappa shape index (κ1) is 19.1. The van der Waals surface area contributed by atoms with Gasteiger partial charge in [0, 0.05) is 23.1 Å². The summed E-state index contributed by atoms with van der Waals surface area (Å²) in [5.74, 6) is 0.555. The summed E-state index contributed by atoms with van der Waals surface area (Å²) in [6.07, 6.45) is 0. The first-order chi connectivity index (χ1) is 11.4. The Morgan fingerprint density at radius 3 is 2.67 bits per heavy atom. The summed E-state index contributed by atoms with van der Waals surface area (Å²) >= 11 is 7.62. The van der Waals surface area contributed by atoms with Gasteiger partial charge in [0.1, 0.15) is 0 Å². The van der Waals surface area contributed by atoms with Crippen molar-refractivity contribution in [1.29, 1.82) is 0 Å². The van der Waals surface area contributed by atoms with E-state index in [1.165, 1.54) is 19.2 Å². The molecule has 0 saturated heterocycles. The van der Waals surface area contributed by atoms with E-state index < -0.39 is 15.8 Å². The summed E-state index contributed by atoms with van der Waals surface area (Å²) in [5, 5.41) is 0.694. The van der Waals surface area contributed by atoms with Crippen molar-refractivity contribution in [2.75, 3.05) is 19.4 Å². The fourth-order valence-electron chi connectivity index (χ4n) is 1.94. The van der Waals surface area contributed by atoms with Crippen LogP contribution in [0.5, 0.6) is 5.75 Å². The number of sulfonamides is 1. The highest BCUT2D eigenvalue weighted by Gasteiger charge is 2.16. The first-order valence-corrected chi connectivity index (χ1v) is 10.1. The second kappa shape index (κ2) is 8.71. The Morgan fingerprint density at radius 2 is 2.00 bits per heavy atom. The SMILES string of the molecule is COc1ccc(S(=O)(=O)NCCSCc2ccccc2Cl)cc1F. The molecule has 0 unspecified atom stereocenters. The molecule has 0 aromatic heterocycles. The number of ether oxygens (including phenoxy) is 1. The Kier molecular flexibility index (Phi) is 6.91. The quantitative estimate of drug-likeness (QED) is 0.699. The van der Waals surface area contributed by atoms with E-state index in [2.05, 4.69) is 4.72 Å². The zero-order valence-corrected chi connectivity index (χ0v) is 15.3. The summed E-state index contributed by atoms with van der Waals surface area (Å²) < 4.78 is 45.1. The number of hydrogen-bond acceptors (Lipinski definition) is 4. The van der Waals surface area contributed by atoms with E-state index in [1.807, 2.05) is 24.3 Å². The number of rotatable bonds is 8. The fourth-order valence-corrected chi connectivity index (χ4v) is 4.26. The van der Waals surface area contributed by atoms with E-state index >= 15 is 0 Å². The van der Waals surface area contributed by atoms with Crippen LogP contribution in [-0.4, -0.2) is 27.8 Å². The van der Waals surface area contributed by atoms with Gasteiger partial charge in [-0.05, 0) is 29.8 Å². The van der Waals surface area contributed by atoms with Crippen molar-refractivity contribution in [2.45, 2.75) is 10.6 Å². The van der Waals surface area contributed by atoms with Crippen molar-refractivity contribution in [2.24, 2.45) is 0 Å². The van der Waals surface area contributed by atoms with Gasteiger partial charge in [-0.1, -0.05) is 29.8 Å². The molecule has 0 heterocycles. The van der Waals surface area contributed by atoms with Gasteiger partial charge in [-0.3, -0.25) is 0 Å². The van der Waals surface area contributed by atoms with Crippen LogP contribution in [0, 0.1) is 5.82 Å². The van der Waals surface area contributed by atoms with E-state index in [0.717, 1.165) is 11.6 Å². The van der Waals surface area contributed by atoms with Gasteiger partial charge >= 0.3 is 0 Å². The molecule has 0 amide bonds. The zero-order chi connectivity index (χ0) is 17.6. The van der Waals surface area contributed by atoms with Crippen LogP contribution < -0.4 is 9.46 Å². The minimum Gasteiger partial charge on any atom is -0.494 e. The maximum Gasteiger partial charge on any atom is 0.240 e. The van der Waals surface area contributed by atoms with Crippen molar-refractivity contribution in [1.82, 2.24) is 4.72 Å². The van der Waals surface area contributed by atoms with Gasteiger partial charge in [0.25, 0.3) is 0 Å². The third-order valence-electron chi connectivity index (χ3n) is 3.19. The predicted octanol–water partition coefficient (Wildman–Crippen LogP) is 3.70. The van der Waals surface area contributed by atoms with Crippen LogP contribution in [0.3, 0.4) is 0 Å². The summed E-state index contributed by atoms with van der Waals surface area (Å²) in [7, 11) is -2.43. The van der Waals surface area contributed by atoms with Crippen LogP contribution in [0.2, 0.25) is 5.02 Å². The minimum absolute atomic E-state index is 0.00393. The van der Waals surface area contributed by atoms with Crippen molar-refractivity contribution in [3.8, 4) is 5.75 Å². The molecule has 1 N–H and O–H groups in total. The van der Waals surface area contributed by atoms with Crippen molar-refractivity contribution >= 4 is 33.4 Å². The monoisotopic (exact) mass is 389 g/mol. The zero-order valence-electron chi connectivity index (χ0n) is 13.0. The van der Waals surface area contributed by atoms with Crippen LogP contribution in [0.1, 0.15) is 5.56 Å². The Morgan fingerprint density at radius 1 is 1.25 bits per heavy atom. The smallest absolute Gasteiger partial charge is 0.240 e. The lowest BCUT2D eigenvalue weighted by atomic mass is 10.2. The van der Waals surface area contributed by atoms with Gasteiger partial charge in [-0.15, -0.1) is 0 Å². The summed E-state index contributed by atoms with van der Waals surface area (Å²) in [6, 6.07) is 11.1. The third kappa shape index (κ3) is 5.11. The molecule has 130 valence electrons. The minimum atomic E-state index is -3.75. The van der Waals surface area contributed by atoms with E-state index in [4.69, 9.17) is 16.3 Å². The Bertz CT molecular complexity index is 800. The molecule has 0 bridgehead atoms. The lowest BCUT2D eigenvalue weighted by Crippen LogP contribution is -2.26. The van der Waals surface area contributed by atoms with Crippen molar-refractivity contribution in [3.63, 3.8) is 0 Å². The number of nitrogens with one attached hydrogen (secondary N) is 1. The largest absolute Gasteiger partial charge is 0.494 e. The predicted molar refractivity (Wildman–Crippen MR) is 95.8 cm³/mol. The maximum absolute atomic E-state index is 13.6. The lowest BCUT2D eigenvalue weighted by Gasteiger charge is -2.08. The van der Waals surface area contributed by atoms with E-state index in [9.17, 15) is 12.8 Å². The number of hydrogen-bond donors (Lipinski definition) is 1. The number of methoxy groups -OCH3 is 1. The van der Waals surface area contributed by atoms with Gasteiger partial charge in [0.05, 0.1) is 12.0 Å². The molecule has 4 nitrogen and oxygen atoms in total. The number of halogens is 2. The van der Waals surface area contributed by atoms with E-state index in [0.29, 0.717) is 16.5 Å². The summed E-state index contributed by atoms with van der Waals surface area (Å²) in [6.45, 7) is 0.241. The average molecular weight is 390 g/mol. The number of benzene rings is 2. The van der Waals surface area contributed by atoms with Crippen LogP contribution >= 0.6 is 23.4 Å². The van der Waals surface area contributed by atoms with Crippen molar-refractivity contribution < 1.29 is 17.5 Å². The second-order valence-electron chi connectivity index (χ2n) is 4.84. The summed E-state index contributed by atoms with van der Waals surface area (Å²) in [4.78, 5) is -0.128. The van der Waals surface area contributed by atoms with Crippen LogP contribution in [0.25, 0.3) is 0 Å². The Hall–Kier alpha value is -1.28. The van der Waals surface area contributed by atoms with E-state index in [-0.39, 0.29) is 17.2 Å². The highest BCUT2D eigenvalue weighted by Crippen LogP contribution is 2.22. The van der Waals surface area contributed by atoms with Crippen LogP contribution in [-0.2, 0) is 15.8 Å². The normalized spacial score (nSPS) is 11.5. The summed E-state index contributed by atoms with van der Waals surface area (Å²) in [5.41, 5.74) is 1.00. The molecule has 0 saturated carbocycles. The molecule has 2 rings (SSSR count). The van der Waals surface area contributed by atoms with Gasteiger partial charge in [-0.2, -0.15) is 11.8 Å². The maximum atomic E-state index is 13.6. The third-order valence-corrected chi connectivity index (χ3v) is 6.02. The lowest BCUT2D eigenvalue weighted by molar-refractivity contribution is 0.385. The molecular formula is C16H17ClFNO3S2. The fraction of sp³-hybridized carbons (Fsp3) is 0.250. The first-order valence-electron chi connectivity index (χ1n) is 7.08. The highest BCUT2D eigenvalue weighted by atomic mass is 35.5. The van der Waals surface area contributed by atoms with Gasteiger partial charge in [0.15, 0.2) is 11.6 Å².